The molecule has 0 saturated heterocycles. The number of urea groups is 1. The van der Waals surface area contributed by atoms with Crippen LogP contribution in [-0.2, 0) is 0 Å². The van der Waals surface area contributed by atoms with Crippen LogP contribution in [0.1, 0.15) is 30.7 Å². The summed E-state index contributed by atoms with van der Waals surface area (Å²) in [5.74, 6) is 2.91. The SMILES string of the molecule is CN(C)C(=O)NCCC(c1ccc2c(c1)OCCO2)C1CC1. The second-order valence-electron chi connectivity index (χ2n) is 6.26. The highest BCUT2D eigenvalue weighted by Gasteiger charge is 2.32. The van der Waals surface area contributed by atoms with Crippen LogP contribution in [0.5, 0.6) is 11.5 Å². The van der Waals surface area contributed by atoms with E-state index in [0.717, 1.165) is 23.8 Å². The van der Waals surface area contributed by atoms with Crippen molar-refractivity contribution in [2.24, 2.45) is 5.92 Å². The van der Waals surface area contributed by atoms with Gasteiger partial charge in [-0.3, -0.25) is 0 Å². The Balaban J connectivity index is 1.65. The van der Waals surface area contributed by atoms with E-state index in [1.807, 2.05) is 6.07 Å². The lowest BCUT2D eigenvalue weighted by atomic mass is 9.90. The van der Waals surface area contributed by atoms with Crippen molar-refractivity contribution in [1.29, 1.82) is 0 Å². The van der Waals surface area contributed by atoms with Gasteiger partial charge in [0.2, 0.25) is 0 Å². The fourth-order valence-corrected chi connectivity index (χ4v) is 2.96. The molecule has 1 N–H and O–H groups in total. The second-order valence-corrected chi connectivity index (χ2v) is 6.26. The van der Waals surface area contributed by atoms with E-state index in [9.17, 15) is 4.79 Å². The Bertz CT molecular complexity index is 541. The molecule has 0 aromatic heterocycles. The van der Waals surface area contributed by atoms with Crippen LogP contribution >= 0.6 is 0 Å². The summed E-state index contributed by atoms with van der Waals surface area (Å²) in [6, 6.07) is 6.24. The first kappa shape index (κ1) is 15.0. The first-order chi connectivity index (χ1) is 10.6. The van der Waals surface area contributed by atoms with Crippen molar-refractivity contribution in [3.05, 3.63) is 23.8 Å². The average molecular weight is 304 g/mol. The minimum absolute atomic E-state index is 0.0308. The minimum atomic E-state index is -0.0308. The summed E-state index contributed by atoms with van der Waals surface area (Å²) in [4.78, 5) is 13.2. The number of nitrogens with zero attached hydrogens (tertiary/aromatic N) is 1. The molecule has 1 saturated carbocycles. The van der Waals surface area contributed by atoms with Crippen molar-refractivity contribution >= 4 is 6.03 Å². The predicted molar refractivity (Wildman–Crippen MR) is 84.6 cm³/mol. The molecule has 1 aliphatic heterocycles. The fourth-order valence-electron chi connectivity index (χ4n) is 2.96. The van der Waals surface area contributed by atoms with E-state index in [0.29, 0.717) is 25.7 Å². The van der Waals surface area contributed by atoms with E-state index in [1.54, 1.807) is 19.0 Å². The van der Waals surface area contributed by atoms with E-state index < -0.39 is 0 Å². The molecule has 1 heterocycles. The molecule has 3 rings (SSSR count). The van der Waals surface area contributed by atoms with Gasteiger partial charge in [0, 0.05) is 20.6 Å². The van der Waals surface area contributed by atoms with Crippen molar-refractivity contribution in [3.8, 4) is 11.5 Å². The Morgan fingerprint density at radius 1 is 1.27 bits per heavy atom. The lowest BCUT2D eigenvalue weighted by Crippen LogP contribution is -2.35. The number of nitrogens with one attached hydrogen (secondary N) is 1. The van der Waals surface area contributed by atoms with E-state index in [4.69, 9.17) is 9.47 Å². The Morgan fingerprint density at radius 2 is 2.00 bits per heavy atom. The zero-order chi connectivity index (χ0) is 15.5. The van der Waals surface area contributed by atoms with Gasteiger partial charge in [0.05, 0.1) is 0 Å². The van der Waals surface area contributed by atoms with Gasteiger partial charge in [0.25, 0.3) is 0 Å². The van der Waals surface area contributed by atoms with Gasteiger partial charge in [-0.2, -0.15) is 0 Å². The number of carbonyl (C=O) groups excluding carboxylic acids is 1. The van der Waals surface area contributed by atoms with Gasteiger partial charge in [-0.15, -0.1) is 0 Å². The minimum Gasteiger partial charge on any atom is -0.486 e. The van der Waals surface area contributed by atoms with Gasteiger partial charge in [-0.1, -0.05) is 6.07 Å². The molecule has 2 amide bonds. The highest BCUT2D eigenvalue weighted by molar-refractivity contribution is 5.73. The Labute approximate surface area is 131 Å². The molecule has 1 fully saturated rings. The first-order valence-electron chi connectivity index (χ1n) is 8.00. The predicted octanol–water partition coefficient (Wildman–Crippen LogP) is 2.61. The van der Waals surface area contributed by atoms with E-state index in [-0.39, 0.29) is 6.03 Å². The highest BCUT2D eigenvalue weighted by atomic mass is 16.6. The summed E-state index contributed by atoms with van der Waals surface area (Å²) in [6.07, 6.45) is 3.52. The number of amides is 2. The number of ether oxygens (including phenoxy) is 2. The molecular weight excluding hydrogens is 280 g/mol. The number of hydrogen-bond acceptors (Lipinski definition) is 3. The molecule has 1 aromatic carbocycles. The van der Waals surface area contributed by atoms with Gasteiger partial charge in [0.15, 0.2) is 11.5 Å². The summed E-state index contributed by atoms with van der Waals surface area (Å²) in [7, 11) is 3.52. The summed E-state index contributed by atoms with van der Waals surface area (Å²) in [5, 5.41) is 2.96. The smallest absolute Gasteiger partial charge is 0.316 e. The molecular formula is C17H24N2O3. The van der Waals surface area contributed by atoms with Crippen LogP contribution in [0, 0.1) is 5.92 Å². The maximum Gasteiger partial charge on any atom is 0.316 e. The van der Waals surface area contributed by atoms with Crippen LogP contribution in [0.4, 0.5) is 4.79 Å². The number of benzene rings is 1. The molecule has 0 bridgehead atoms. The summed E-state index contributed by atoms with van der Waals surface area (Å²) in [6.45, 7) is 1.94. The van der Waals surface area contributed by atoms with Gasteiger partial charge < -0.3 is 19.7 Å². The van der Waals surface area contributed by atoms with Crippen molar-refractivity contribution < 1.29 is 14.3 Å². The summed E-state index contributed by atoms with van der Waals surface area (Å²) >= 11 is 0. The standard InChI is InChI=1S/C17H24N2O3/c1-19(2)17(20)18-8-7-14(12-3-4-12)13-5-6-15-16(11-13)22-10-9-21-15/h5-6,11-12,14H,3-4,7-10H2,1-2H3,(H,18,20). The molecule has 5 nitrogen and oxygen atoms in total. The number of rotatable bonds is 5. The van der Waals surface area contributed by atoms with Crippen molar-refractivity contribution in [1.82, 2.24) is 10.2 Å². The zero-order valence-corrected chi connectivity index (χ0v) is 13.3. The van der Waals surface area contributed by atoms with Crippen LogP contribution < -0.4 is 14.8 Å². The molecule has 0 spiro atoms. The van der Waals surface area contributed by atoms with Crippen LogP contribution in [-0.4, -0.2) is 44.8 Å². The van der Waals surface area contributed by atoms with E-state index >= 15 is 0 Å². The first-order valence-corrected chi connectivity index (χ1v) is 8.00. The van der Waals surface area contributed by atoms with E-state index in [1.165, 1.54) is 18.4 Å². The monoisotopic (exact) mass is 304 g/mol. The Morgan fingerprint density at radius 3 is 2.68 bits per heavy atom. The molecule has 1 unspecified atom stereocenters. The number of fused-ring (bicyclic) bond motifs is 1. The lowest BCUT2D eigenvalue weighted by molar-refractivity contribution is 0.171. The largest absolute Gasteiger partial charge is 0.486 e. The third-order valence-electron chi connectivity index (χ3n) is 4.32. The normalized spacial score (nSPS) is 17.7. The quantitative estimate of drug-likeness (QED) is 0.910. The topological polar surface area (TPSA) is 50.8 Å². The van der Waals surface area contributed by atoms with Crippen molar-refractivity contribution in [3.63, 3.8) is 0 Å². The molecule has 22 heavy (non-hydrogen) atoms. The molecule has 1 aliphatic carbocycles. The third-order valence-corrected chi connectivity index (χ3v) is 4.32. The average Bonchev–Trinajstić information content (AvgIpc) is 3.35. The zero-order valence-electron chi connectivity index (χ0n) is 13.3. The fraction of sp³-hybridized carbons (Fsp3) is 0.588. The molecule has 5 heteroatoms. The molecule has 0 radical (unpaired) electrons. The highest BCUT2D eigenvalue weighted by Crippen LogP contribution is 2.46. The third kappa shape index (κ3) is 3.46. The number of hydrogen-bond donors (Lipinski definition) is 1. The Kier molecular flexibility index (Phi) is 4.41. The Hall–Kier alpha value is -1.91. The van der Waals surface area contributed by atoms with Crippen LogP contribution in [0.3, 0.4) is 0 Å². The second kappa shape index (κ2) is 6.46. The van der Waals surface area contributed by atoms with Gasteiger partial charge in [0.1, 0.15) is 13.2 Å². The molecule has 1 aromatic rings. The van der Waals surface area contributed by atoms with Crippen LogP contribution in [0.15, 0.2) is 18.2 Å². The summed E-state index contributed by atoms with van der Waals surface area (Å²) < 4.78 is 11.3. The maximum atomic E-state index is 11.6. The molecule has 2 aliphatic rings. The number of carbonyl (C=O) groups is 1. The van der Waals surface area contributed by atoms with Crippen LogP contribution in [0.2, 0.25) is 0 Å². The van der Waals surface area contributed by atoms with Crippen LogP contribution in [0.25, 0.3) is 0 Å². The molecule has 1 atom stereocenters. The van der Waals surface area contributed by atoms with E-state index in [2.05, 4.69) is 17.4 Å². The van der Waals surface area contributed by atoms with Gasteiger partial charge >= 0.3 is 6.03 Å². The van der Waals surface area contributed by atoms with Gasteiger partial charge in [-0.25, -0.2) is 4.79 Å². The molecule has 120 valence electrons. The van der Waals surface area contributed by atoms with Gasteiger partial charge in [-0.05, 0) is 48.8 Å². The lowest BCUT2D eigenvalue weighted by Gasteiger charge is -2.22. The van der Waals surface area contributed by atoms with Crippen molar-refractivity contribution in [2.45, 2.75) is 25.2 Å². The van der Waals surface area contributed by atoms with Crippen molar-refractivity contribution in [2.75, 3.05) is 33.9 Å². The summed E-state index contributed by atoms with van der Waals surface area (Å²) in [5.41, 5.74) is 1.30. The maximum absolute atomic E-state index is 11.6.